The maximum absolute atomic E-state index is 5.86. The van der Waals surface area contributed by atoms with Crippen LogP contribution in [0.1, 0.15) is 29.8 Å². The van der Waals surface area contributed by atoms with Crippen molar-refractivity contribution in [3.63, 3.8) is 0 Å². The molecule has 1 atom stereocenters. The van der Waals surface area contributed by atoms with Crippen molar-refractivity contribution in [1.82, 2.24) is 9.88 Å². The van der Waals surface area contributed by atoms with Crippen LogP contribution >= 0.6 is 0 Å². The third-order valence-electron chi connectivity index (χ3n) is 4.67. The van der Waals surface area contributed by atoms with Gasteiger partial charge in [0, 0.05) is 31.9 Å². The lowest BCUT2D eigenvalue weighted by molar-refractivity contribution is 0.0674. The molecule has 1 unspecified atom stereocenters. The minimum absolute atomic E-state index is 0.306. The Balaban J connectivity index is 1.76. The van der Waals surface area contributed by atoms with E-state index in [9.17, 15) is 0 Å². The summed E-state index contributed by atoms with van der Waals surface area (Å²) in [5.41, 5.74) is 3.32. The Morgan fingerprint density at radius 2 is 1.96 bits per heavy atom. The molecule has 2 heterocycles. The Bertz CT molecular complexity index is 714. The zero-order valence-corrected chi connectivity index (χ0v) is 15.9. The van der Waals surface area contributed by atoms with Crippen LogP contribution in [0.3, 0.4) is 0 Å². The average Bonchev–Trinajstić information content (AvgIpc) is 3.14. The average molecular weight is 356 g/mol. The monoisotopic (exact) mass is 356 g/mol. The van der Waals surface area contributed by atoms with Crippen molar-refractivity contribution >= 4 is 0 Å². The third-order valence-corrected chi connectivity index (χ3v) is 4.67. The number of rotatable bonds is 8. The second kappa shape index (κ2) is 9.01. The number of aryl methyl sites for hydroxylation is 1. The minimum Gasteiger partial charge on any atom is -0.493 e. The molecule has 0 bridgehead atoms. The van der Waals surface area contributed by atoms with Crippen LogP contribution in [0.25, 0.3) is 0 Å². The van der Waals surface area contributed by atoms with Crippen molar-refractivity contribution in [2.24, 2.45) is 0 Å². The van der Waals surface area contributed by atoms with E-state index in [4.69, 9.17) is 14.2 Å². The smallest absolute Gasteiger partial charge is 0.161 e. The summed E-state index contributed by atoms with van der Waals surface area (Å²) in [6, 6.07) is 12.3. The van der Waals surface area contributed by atoms with Gasteiger partial charge in [0.1, 0.15) is 0 Å². The second-order valence-electron chi connectivity index (χ2n) is 6.76. The van der Waals surface area contributed by atoms with Crippen LogP contribution in [0, 0.1) is 6.92 Å². The number of hydrogen-bond acceptors (Lipinski definition) is 5. The molecule has 1 aromatic carbocycles. The van der Waals surface area contributed by atoms with Crippen LogP contribution in [0.4, 0.5) is 0 Å². The highest BCUT2D eigenvalue weighted by atomic mass is 16.5. The maximum Gasteiger partial charge on any atom is 0.161 e. The topological polar surface area (TPSA) is 43.8 Å². The predicted molar refractivity (Wildman–Crippen MR) is 102 cm³/mol. The normalized spacial score (nSPS) is 16.8. The van der Waals surface area contributed by atoms with Crippen LogP contribution in [-0.2, 0) is 17.8 Å². The van der Waals surface area contributed by atoms with Crippen molar-refractivity contribution < 1.29 is 14.2 Å². The fourth-order valence-corrected chi connectivity index (χ4v) is 3.42. The Morgan fingerprint density at radius 3 is 2.65 bits per heavy atom. The van der Waals surface area contributed by atoms with Crippen LogP contribution < -0.4 is 9.47 Å². The van der Waals surface area contributed by atoms with Gasteiger partial charge in [-0.05, 0) is 49.6 Å². The Morgan fingerprint density at radius 1 is 1.12 bits per heavy atom. The molecule has 1 aliphatic heterocycles. The van der Waals surface area contributed by atoms with Gasteiger partial charge in [0.25, 0.3) is 0 Å². The zero-order chi connectivity index (χ0) is 18.4. The van der Waals surface area contributed by atoms with Gasteiger partial charge in [0.05, 0.1) is 26.0 Å². The maximum atomic E-state index is 5.86. The van der Waals surface area contributed by atoms with Crippen molar-refractivity contribution in [3.8, 4) is 11.5 Å². The Kier molecular flexibility index (Phi) is 6.47. The summed E-state index contributed by atoms with van der Waals surface area (Å²) in [5, 5.41) is 0. The first kappa shape index (κ1) is 18.7. The summed E-state index contributed by atoms with van der Waals surface area (Å²) in [4.78, 5) is 7.06. The largest absolute Gasteiger partial charge is 0.493 e. The van der Waals surface area contributed by atoms with E-state index in [1.165, 1.54) is 5.56 Å². The summed E-state index contributed by atoms with van der Waals surface area (Å²) in [6.45, 7) is 5.43. The molecular weight excluding hydrogens is 328 g/mol. The van der Waals surface area contributed by atoms with Gasteiger partial charge in [0.15, 0.2) is 11.5 Å². The molecule has 2 aromatic rings. The molecule has 0 spiro atoms. The molecule has 0 saturated carbocycles. The molecule has 5 heteroatoms. The summed E-state index contributed by atoms with van der Waals surface area (Å²) < 4.78 is 16.6. The highest BCUT2D eigenvalue weighted by Gasteiger charge is 2.20. The van der Waals surface area contributed by atoms with Gasteiger partial charge in [0.2, 0.25) is 0 Å². The Hall–Kier alpha value is -2.11. The van der Waals surface area contributed by atoms with Gasteiger partial charge >= 0.3 is 0 Å². The number of methoxy groups -OCH3 is 2. The van der Waals surface area contributed by atoms with E-state index in [0.29, 0.717) is 6.10 Å². The van der Waals surface area contributed by atoms with Crippen LogP contribution in [0.5, 0.6) is 11.5 Å². The molecule has 5 nitrogen and oxygen atoms in total. The molecule has 0 aliphatic carbocycles. The number of hydrogen-bond donors (Lipinski definition) is 0. The molecule has 26 heavy (non-hydrogen) atoms. The van der Waals surface area contributed by atoms with E-state index < -0.39 is 0 Å². The van der Waals surface area contributed by atoms with Crippen molar-refractivity contribution in [2.75, 3.05) is 27.4 Å². The van der Waals surface area contributed by atoms with Crippen LogP contribution in [0.2, 0.25) is 0 Å². The predicted octanol–water partition coefficient (Wildman–Crippen LogP) is 3.59. The summed E-state index contributed by atoms with van der Waals surface area (Å²) in [6.07, 6.45) is 2.58. The van der Waals surface area contributed by atoms with Gasteiger partial charge in [-0.15, -0.1) is 0 Å². The summed E-state index contributed by atoms with van der Waals surface area (Å²) in [7, 11) is 3.33. The van der Waals surface area contributed by atoms with E-state index in [2.05, 4.69) is 28.1 Å². The zero-order valence-electron chi connectivity index (χ0n) is 15.9. The molecule has 1 saturated heterocycles. The standard InChI is InChI=1S/C21H28N2O3/c1-16-6-4-7-18(22-16)14-23(15-19-8-5-11-26-19)13-17-9-10-20(24-2)21(12-17)25-3/h4,6-7,9-10,12,19H,5,8,11,13-15H2,1-3H3. The summed E-state index contributed by atoms with van der Waals surface area (Å²) >= 11 is 0. The molecule has 1 aliphatic rings. The number of pyridine rings is 1. The summed E-state index contributed by atoms with van der Waals surface area (Å²) in [5.74, 6) is 1.51. The van der Waals surface area contributed by atoms with Crippen molar-refractivity contribution in [1.29, 1.82) is 0 Å². The van der Waals surface area contributed by atoms with Crippen molar-refractivity contribution in [2.45, 2.75) is 39.0 Å². The quantitative estimate of drug-likeness (QED) is 0.723. The second-order valence-corrected chi connectivity index (χ2v) is 6.76. The van der Waals surface area contributed by atoms with Gasteiger partial charge in [-0.1, -0.05) is 12.1 Å². The van der Waals surface area contributed by atoms with Gasteiger partial charge < -0.3 is 14.2 Å². The van der Waals surface area contributed by atoms with E-state index in [-0.39, 0.29) is 0 Å². The molecule has 3 rings (SSSR count). The lowest BCUT2D eigenvalue weighted by atomic mass is 10.1. The molecule has 1 fully saturated rings. The van der Waals surface area contributed by atoms with Gasteiger partial charge in [-0.2, -0.15) is 0 Å². The lowest BCUT2D eigenvalue weighted by Crippen LogP contribution is -2.31. The molecule has 0 radical (unpaired) electrons. The molecular formula is C21H28N2O3. The van der Waals surface area contributed by atoms with Gasteiger partial charge in [-0.3, -0.25) is 9.88 Å². The van der Waals surface area contributed by atoms with Gasteiger partial charge in [-0.25, -0.2) is 0 Å². The third kappa shape index (κ3) is 4.96. The highest BCUT2D eigenvalue weighted by Crippen LogP contribution is 2.28. The highest BCUT2D eigenvalue weighted by molar-refractivity contribution is 5.42. The first-order valence-corrected chi connectivity index (χ1v) is 9.15. The van der Waals surface area contributed by atoms with Crippen LogP contribution in [0.15, 0.2) is 36.4 Å². The number of benzene rings is 1. The fourth-order valence-electron chi connectivity index (χ4n) is 3.42. The van der Waals surface area contributed by atoms with E-state index in [1.807, 2.05) is 25.1 Å². The lowest BCUT2D eigenvalue weighted by Gasteiger charge is -2.25. The van der Waals surface area contributed by atoms with E-state index >= 15 is 0 Å². The van der Waals surface area contributed by atoms with Crippen LogP contribution in [-0.4, -0.2) is 43.4 Å². The first-order chi connectivity index (χ1) is 12.7. The SMILES string of the molecule is COc1ccc(CN(Cc2cccc(C)n2)CC2CCCO2)cc1OC. The van der Waals surface area contributed by atoms with E-state index in [0.717, 1.165) is 62.0 Å². The molecule has 0 N–H and O–H groups in total. The Labute approximate surface area is 155 Å². The van der Waals surface area contributed by atoms with Crippen molar-refractivity contribution in [3.05, 3.63) is 53.3 Å². The molecule has 140 valence electrons. The number of nitrogens with zero attached hydrogens (tertiary/aromatic N) is 2. The minimum atomic E-state index is 0.306. The fraction of sp³-hybridized carbons (Fsp3) is 0.476. The molecule has 1 aromatic heterocycles. The van der Waals surface area contributed by atoms with E-state index in [1.54, 1.807) is 14.2 Å². The number of aromatic nitrogens is 1. The first-order valence-electron chi connectivity index (χ1n) is 9.15. The number of ether oxygens (including phenoxy) is 3. The molecule has 0 amide bonds.